The van der Waals surface area contributed by atoms with E-state index in [1.807, 2.05) is 0 Å². The topological polar surface area (TPSA) is 48.0 Å². The minimum Gasteiger partial charge on any atom is -0.395 e. The van der Waals surface area contributed by atoms with E-state index in [9.17, 15) is 0 Å². The summed E-state index contributed by atoms with van der Waals surface area (Å²) in [6, 6.07) is 0.606. The summed E-state index contributed by atoms with van der Waals surface area (Å²) in [5, 5.41) is 12.4. The third-order valence-corrected chi connectivity index (χ3v) is 4.22. The van der Waals surface area contributed by atoms with Crippen molar-refractivity contribution < 1.29 is 9.84 Å². The van der Waals surface area contributed by atoms with Crippen LogP contribution < -0.4 is 5.32 Å². The molecule has 106 valence electrons. The Hall–Kier alpha value is -0.200. The Morgan fingerprint density at radius 3 is 2.61 bits per heavy atom. The van der Waals surface area contributed by atoms with Gasteiger partial charge < -0.3 is 20.1 Å². The van der Waals surface area contributed by atoms with Gasteiger partial charge in [-0.3, -0.25) is 4.90 Å². The Morgan fingerprint density at radius 1 is 1.22 bits per heavy atom. The zero-order valence-electron chi connectivity index (χ0n) is 11.5. The number of rotatable bonds is 5. The minimum atomic E-state index is 0.276. The quantitative estimate of drug-likeness (QED) is 0.677. The number of hydrogen-bond acceptors (Lipinski definition) is 5. The van der Waals surface area contributed by atoms with Crippen molar-refractivity contribution in [3.8, 4) is 0 Å². The molecule has 0 saturated carbocycles. The van der Waals surface area contributed by atoms with E-state index in [1.165, 1.54) is 0 Å². The van der Waals surface area contributed by atoms with Crippen LogP contribution in [0.3, 0.4) is 0 Å². The van der Waals surface area contributed by atoms with E-state index < -0.39 is 0 Å². The van der Waals surface area contributed by atoms with Gasteiger partial charge in [-0.15, -0.1) is 0 Å². The number of aliphatic hydroxyl groups excluding tert-OH is 1. The van der Waals surface area contributed by atoms with Crippen molar-refractivity contribution in [1.82, 2.24) is 15.1 Å². The van der Waals surface area contributed by atoms with E-state index in [0.717, 1.165) is 58.9 Å². The molecule has 2 heterocycles. The second-order valence-corrected chi connectivity index (χ2v) is 5.38. The smallest absolute Gasteiger partial charge is 0.0558 e. The van der Waals surface area contributed by atoms with Crippen LogP contribution in [-0.2, 0) is 4.74 Å². The molecule has 2 aliphatic heterocycles. The summed E-state index contributed by atoms with van der Waals surface area (Å²) >= 11 is 0. The van der Waals surface area contributed by atoms with Gasteiger partial charge in [0, 0.05) is 57.8 Å². The van der Waals surface area contributed by atoms with Crippen molar-refractivity contribution in [2.45, 2.75) is 12.5 Å². The minimum absolute atomic E-state index is 0.276. The number of piperazine rings is 1. The maximum Gasteiger partial charge on any atom is 0.0558 e. The van der Waals surface area contributed by atoms with Gasteiger partial charge in [-0.1, -0.05) is 0 Å². The van der Waals surface area contributed by atoms with Crippen LogP contribution in [0.15, 0.2) is 0 Å². The van der Waals surface area contributed by atoms with Crippen molar-refractivity contribution in [1.29, 1.82) is 0 Å². The molecule has 0 aliphatic carbocycles. The highest BCUT2D eigenvalue weighted by Crippen LogP contribution is 2.16. The third-order valence-electron chi connectivity index (χ3n) is 4.22. The first-order valence-corrected chi connectivity index (χ1v) is 7.14. The highest BCUT2D eigenvalue weighted by Gasteiger charge is 2.27. The van der Waals surface area contributed by atoms with Gasteiger partial charge in [0.25, 0.3) is 0 Å². The van der Waals surface area contributed by atoms with Gasteiger partial charge in [0.1, 0.15) is 0 Å². The Balaban J connectivity index is 1.73. The largest absolute Gasteiger partial charge is 0.395 e. The predicted molar refractivity (Wildman–Crippen MR) is 71.7 cm³/mol. The van der Waals surface area contributed by atoms with Crippen LogP contribution in [0.4, 0.5) is 0 Å². The second-order valence-electron chi connectivity index (χ2n) is 5.38. The van der Waals surface area contributed by atoms with Gasteiger partial charge >= 0.3 is 0 Å². The van der Waals surface area contributed by atoms with Gasteiger partial charge in [0.2, 0.25) is 0 Å². The van der Waals surface area contributed by atoms with Crippen molar-refractivity contribution in [3.05, 3.63) is 0 Å². The molecule has 0 aromatic carbocycles. The normalized spacial score (nSPS) is 31.7. The van der Waals surface area contributed by atoms with Crippen LogP contribution in [0, 0.1) is 5.92 Å². The molecule has 18 heavy (non-hydrogen) atoms. The highest BCUT2D eigenvalue weighted by molar-refractivity contribution is 4.83. The van der Waals surface area contributed by atoms with E-state index in [0.29, 0.717) is 12.0 Å². The van der Waals surface area contributed by atoms with Gasteiger partial charge in [-0.05, 0) is 13.5 Å². The molecule has 2 unspecified atom stereocenters. The summed E-state index contributed by atoms with van der Waals surface area (Å²) in [6.45, 7) is 8.42. The fourth-order valence-electron chi connectivity index (χ4n) is 3.03. The van der Waals surface area contributed by atoms with Gasteiger partial charge in [-0.2, -0.15) is 0 Å². The van der Waals surface area contributed by atoms with Crippen molar-refractivity contribution in [2.75, 3.05) is 66.1 Å². The molecular formula is C13H27N3O2. The molecule has 2 saturated heterocycles. The molecule has 0 aromatic heterocycles. The van der Waals surface area contributed by atoms with Crippen molar-refractivity contribution >= 4 is 0 Å². The maximum atomic E-state index is 8.93. The number of nitrogens with zero attached hydrogens (tertiary/aromatic N) is 2. The molecule has 2 aliphatic rings. The standard InChI is InChI=1S/C13H27N3O2/c1-14-13-2-9-18-11-12(13)10-16-5-3-15(4-6-16)7-8-17/h12-14,17H,2-11H2,1H3. The van der Waals surface area contributed by atoms with Crippen LogP contribution in [0.5, 0.6) is 0 Å². The summed E-state index contributed by atoms with van der Waals surface area (Å²) in [5.41, 5.74) is 0. The summed E-state index contributed by atoms with van der Waals surface area (Å²) in [4.78, 5) is 4.88. The zero-order valence-corrected chi connectivity index (χ0v) is 11.5. The molecule has 0 bridgehead atoms. The molecular weight excluding hydrogens is 230 g/mol. The van der Waals surface area contributed by atoms with E-state index >= 15 is 0 Å². The lowest BCUT2D eigenvalue weighted by atomic mass is 9.95. The monoisotopic (exact) mass is 257 g/mol. The Kier molecular flexibility index (Phi) is 5.85. The second kappa shape index (κ2) is 7.40. The number of hydrogen-bond donors (Lipinski definition) is 2. The average Bonchev–Trinajstić information content (AvgIpc) is 2.42. The third kappa shape index (κ3) is 3.90. The summed E-state index contributed by atoms with van der Waals surface area (Å²) < 4.78 is 5.61. The first kappa shape index (κ1) is 14.2. The first-order valence-electron chi connectivity index (χ1n) is 7.14. The molecule has 2 rings (SSSR count). The van der Waals surface area contributed by atoms with E-state index in [-0.39, 0.29) is 6.61 Å². The summed E-state index contributed by atoms with van der Waals surface area (Å²) in [5.74, 6) is 0.619. The molecule has 5 heteroatoms. The molecule has 2 atom stereocenters. The van der Waals surface area contributed by atoms with Gasteiger partial charge in [0.05, 0.1) is 13.2 Å². The zero-order chi connectivity index (χ0) is 12.8. The molecule has 2 N–H and O–H groups in total. The number of ether oxygens (including phenoxy) is 1. The number of β-amino-alcohol motifs (C(OH)–C–C–N with tert-alkyl or cyclic N) is 1. The molecule has 0 spiro atoms. The predicted octanol–water partition coefficient (Wildman–Crippen LogP) is -0.779. The lowest BCUT2D eigenvalue weighted by Crippen LogP contribution is -2.52. The Bertz CT molecular complexity index is 232. The maximum absolute atomic E-state index is 8.93. The molecule has 5 nitrogen and oxygen atoms in total. The molecule has 0 aromatic rings. The average molecular weight is 257 g/mol. The van der Waals surface area contributed by atoms with E-state index in [4.69, 9.17) is 9.84 Å². The number of nitrogens with one attached hydrogen (secondary N) is 1. The molecule has 0 radical (unpaired) electrons. The first-order chi connectivity index (χ1) is 8.83. The van der Waals surface area contributed by atoms with Crippen LogP contribution in [0.1, 0.15) is 6.42 Å². The Morgan fingerprint density at radius 2 is 1.94 bits per heavy atom. The fourth-order valence-corrected chi connectivity index (χ4v) is 3.03. The lowest BCUT2D eigenvalue weighted by Gasteiger charge is -2.39. The fraction of sp³-hybridized carbons (Fsp3) is 1.00. The highest BCUT2D eigenvalue weighted by atomic mass is 16.5. The van der Waals surface area contributed by atoms with E-state index in [2.05, 4.69) is 22.2 Å². The molecule has 2 fully saturated rings. The summed E-state index contributed by atoms with van der Waals surface area (Å²) in [7, 11) is 2.06. The Labute approximate surface area is 110 Å². The van der Waals surface area contributed by atoms with Crippen LogP contribution >= 0.6 is 0 Å². The summed E-state index contributed by atoms with van der Waals surface area (Å²) in [6.07, 6.45) is 1.13. The number of aliphatic hydroxyl groups is 1. The van der Waals surface area contributed by atoms with Crippen LogP contribution in [0.2, 0.25) is 0 Å². The SMILES string of the molecule is CNC1CCOCC1CN1CCN(CCO)CC1. The van der Waals surface area contributed by atoms with Crippen molar-refractivity contribution in [3.63, 3.8) is 0 Å². The van der Waals surface area contributed by atoms with Gasteiger partial charge in [-0.25, -0.2) is 0 Å². The van der Waals surface area contributed by atoms with E-state index in [1.54, 1.807) is 0 Å². The van der Waals surface area contributed by atoms with Gasteiger partial charge in [0.15, 0.2) is 0 Å². The van der Waals surface area contributed by atoms with Crippen LogP contribution in [-0.4, -0.2) is 87.1 Å². The molecule has 0 amide bonds. The van der Waals surface area contributed by atoms with Crippen LogP contribution in [0.25, 0.3) is 0 Å². The van der Waals surface area contributed by atoms with Crippen molar-refractivity contribution in [2.24, 2.45) is 5.92 Å². The lowest BCUT2D eigenvalue weighted by molar-refractivity contribution is 0.00958.